The van der Waals surface area contributed by atoms with Gasteiger partial charge in [-0.05, 0) is 55.9 Å². The van der Waals surface area contributed by atoms with Crippen molar-refractivity contribution in [2.24, 2.45) is 5.92 Å². The third-order valence-electron chi connectivity index (χ3n) is 4.32. The van der Waals surface area contributed by atoms with Crippen molar-refractivity contribution < 1.29 is 14.2 Å². The minimum Gasteiger partial charge on any atom is -0.491 e. The van der Waals surface area contributed by atoms with Crippen LogP contribution < -0.4 is 10.1 Å². The lowest BCUT2D eigenvalue weighted by atomic mass is 9.84. The van der Waals surface area contributed by atoms with E-state index < -0.39 is 6.10 Å². The molecule has 1 saturated carbocycles. The Labute approximate surface area is 126 Å². The second-order valence-electron chi connectivity index (χ2n) is 5.95. The number of ether oxygens (including phenoxy) is 1. The third-order valence-corrected chi connectivity index (χ3v) is 4.32. The lowest BCUT2D eigenvalue weighted by molar-refractivity contribution is 0.100. The molecule has 1 aromatic rings. The van der Waals surface area contributed by atoms with Crippen molar-refractivity contribution in [3.05, 3.63) is 30.1 Å². The standard InChI is InChI=1S/C17H26FNO2/c1-2-13-3-7-15(8-4-13)19-11-16(20)12-21-17-9-5-14(18)6-10-17/h5-6,9-10,13,15-16,19-20H,2-4,7-8,11-12H2,1H3. The number of hydrogen-bond acceptors (Lipinski definition) is 3. The largest absolute Gasteiger partial charge is 0.491 e. The van der Waals surface area contributed by atoms with Crippen LogP contribution in [0.1, 0.15) is 39.0 Å². The molecule has 4 heteroatoms. The lowest BCUT2D eigenvalue weighted by Gasteiger charge is -2.29. The molecule has 1 fully saturated rings. The van der Waals surface area contributed by atoms with E-state index in [1.165, 1.54) is 44.2 Å². The van der Waals surface area contributed by atoms with E-state index in [4.69, 9.17) is 4.74 Å². The number of benzene rings is 1. The van der Waals surface area contributed by atoms with Crippen molar-refractivity contribution in [2.45, 2.75) is 51.2 Å². The first kappa shape index (κ1) is 16.2. The van der Waals surface area contributed by atoms with Gasteiger partial charge in [0, 0.05) is 12.6 Å². The van der Waals surface area contributed by atoms with Crippen molar-refractivity contribution in [1.82, 2.24) is 5.32 Å². The van der Waals surface area contributed by atoms with Gasteiger partial charge in [0.15, 0.2) is 0 Å². The molecule has 1 atom stereocenters. The zero-order chi connectivity index (χ0) is 15.1. The first-order valence-electron chi connectivity index (χ1n) is 7.97. The van der Waals surface area contributed by atoms with E-state index in [0.717, 1.165) is 5.92 Å². The van der Waals surface area contributed by atoms with Gasteiger partial charge in [-0.3, -0.25) is 0 Å². The van der Waals surface area contributed by atoms with E-state index in [2.05, 4.69) is 12.2 Å². The summed E-state index contributed by atoms with van der Waals surface area (Å²) < 4.78 is 18.2. The van der Waals surface area contributed by atoms with Gasteiger partial charge in [0.2, 0.25) is 0 Å². The highest BCUT2D eigenvalue weighted by Gasteiger charge is 2.20. The maximum atomic E-state index is 12.8. The molecule has 118 valence electrons. The monoisotopic (exact) mass is 295 g/mol. The van der Waals surface area contributed by atoms with Crippen LogP contribution in [0.25, 0.3) is 0 Å². The molecule has 1 aliphatic carbocycles. The molecule has 3 nitrogen and oxygen atoms in total. The van der Waals surface area contributed by atoms with E-state index in [9.17, 15) is 9.50 Å². The van der Waals surface area contributed by atoms with E-state index in [1.54, 1.807) is 12.1 Å². The fraction of sp³-hybridized carbons (Fsp3) is 0.647. The van der Waals surface area contributed by atoms with Crippen molar-refractivity contribution >= 4 is 0 Å². The summed E-state index contributed by atoms with van der Waals surface area (Å²) in [6.07, 6.45) is 5.71. The quantitative estimate of drug-likeness (QED) is 0.812. The highest BCUT2D eigenvalue weighted by molar-refractivity contribution is 5.22. The van der Waals surface area contributed by atoms with Crippen LogP contribution in [0.2, 0.25) is 0 Å². The molecule has 0 heterocycles. The van der Waals surface area contributed by atoms with Gasteiger partial charge in [-0.25, -0.2) is 4.39 Å². The second kappa shape index (κ2) is 8.35. The molecule has 0 aromatic heterocycles. The zero-order valence-electron chi connectivity index (χ0n) is 12.7. The summed E-state index contributed by atoms with van der Waals surface area (Å²) in [5, 5.41) is 13.4. The van der Waals surface area contributed by atoms with Crippen LogP contribution in [0.5, 0.6) is 5.75 Å². The Balaban J connectivity index is 1.61. The Morgan fingerprint density at radius 2 is 1.90 bits per heavy atom. The van der Waals surface area contributed by atoms with E-state index >= 15 is 0 Å². The molecule has 1 unspecified atom stereocenters. The van der Waals surface area contributed by atoms with Gasteiger partial charge in [0.1, 0.15) is 24.3 Å². The van der Waals surface area contributed by atoms with Gasteiger partial charge in [-0.2, -0.15) is 0 Å². The smallest absolute Gasteiger partial charge is 0.123 e. The number of aliphatic hydroxyl groups excluding tert-OH is 1. The first-order chi connectivity index (χ1) is 10.2. The van der Waals surface area contributed by atoms with Crippen LogP contribution >= 0.6 is 0 Å². The van der Waals surface area contributed by atoms with Crippen molar-refractivity contribution in [3.8, 4) is 5.75 Å². The van der Waals surface area contributed by atoms with Crippen LogP contribution in [-0.2, 0) is 0 Å². The van der Waals surface area contributed by atoms with Gasteiger partial charge in [0.05, 0.1) is 0 Å². The summed E-state index contributed by atoms with van der Waals surface area (Å²) >= 11 is 0. The second-order valence-corrected chi connectivity index (χ2v) is 5.95. The maximum absolute atomic E-state index is 12.8. The van der Waals surface area contributed by atoms with E-state index in [0.29, 0.717) is 18.3 Å². The molecule has 1 aliphatic rings. The van der Waals surface area contributed by atoms with Gasteiger partial charge in [0.25, 0.3) is 0 Å². The fourth-order valence-electron chi connectivity index (χ4n) is 2.86. The Kier molecular flexibility index (Phi) is 6.46. The van der Waals surface area contributed by atoms with Gasteiger partial charge in [-0.15, -0.1) is 0 Å². The average Bonchev–Trinajstić information content (AvgIpc) is 2.53. The average molecular weight is 295 g/mol. The predicted molar refractivity (Wildman–Crippen MR) is 81.9 cm³/mol. The molecule has 0 bridgehead atoms. The Hall–Kier alpha value is -1.13. The summed E-state index contributed by atoms with van der Waals surface area (Å²) in [6.45, 7) is 3.03. The number of aliphatic hydroxyl groups is 1. The Morgan fingerprint density at radius 3 is 2.52 bits per heavy atom. The molecule has 1 aromatic carbocycles. The molecule has 21 heavy (non-hydrogen) atoms. The fourth-order valence-corrected chi connectivity index (χ4v) is 2.86. The Bertz CT molecular complexity index is 402. The summed E-state index contributed by atoms with van der Waals surface area (Å²) in [4.78, 5) is 0. The normalized spacial score (nSPS) is 23.8. The van der Waals surface area contributed by atoms with Crippen molar-refractivity contribution in [1.29, 1.82) is 0 Å². The van der Waals surface area contributed by atoms with Crippen LogP contribution in [0, 0.1) is 11.7 Å². The number of nitrogens with one attached hydrogen (secondary N) is 1. The number of rotatable bonds is 7. The maximum Gasteiger partial charge on any atom is 0.123 e. The molecule has 0 radical (unpaired) electrons. The molecule has 0 amide bonds. The minimum atomic E-state index is -0.543. The van der Waals surface area contributed by atoms with E-state index in [1.807, 2.05) is 0 Å². The van der Waals surface area contributed by atoms with Crippen LogP contribution in [-0.4, -0.2) is 30.4 Å². The molecule has 0 saturated heterocycles. The highest BCUT2D eigenvalue weighted by atomic mass is 19.1. The Morgan fingerprint density at radius 1 is 1.24 bits per heavy atom. The summed E-state index contributed by atoms with van der Waals surface area (Å²) in [5.74, 6) is 1.18. The van der Waals surface area contributed by atoms with Crippen LogP contribution in [0.15, 0.2) is 24.3 Å². The topological polar surface area (TPSA) is 41.5 Å². The lowest BCUT2D eigenvalue weighted by Crippen LogP contribution is -2.39. The molecule has 2 rings (SSSR count). The third kappa shape index (κ3) is 5.64. The van der Waals surface area contributed by atoms with Gasteiger partial charge < -0.3 is 15.2 Å². The molecule has 0 aliphatic heterocycles. The van der Waals surface area contributed by atoms with Crippen LogP contribution in [0.3, 0.4) is 0 Å². The molecular weight excluding hydrogens is 269 g/mol. The minimum absolute atomic E-state index is 0.225. The molecule has 2 N–H and O–H groups in total. The van der Waals surface area contributed by atoms with E-state index in [-0.39, 0.29) is 12.4 Å². The van der Waals surface area contributed by atoms with Gasteiger partial charge in [-0.1, -0.05) is 13.3 Å². The number of halogens is 1. The van der Waals surface area contributed by atoms with Crippen molar-refractivity contribution in [3.63, 3.8) is 0 Å². The van der Waals surface area contributed by atoms with Crippen molar-refractivity contribution in [2.75, 3.05) is 13.2 Å². The molecule has 0 spiro atoms. The zero-order valence-corrected chi connectivity index (χ0v) is 12.7. The van der Waals surface area contributed by atoms with Gasteiger partial charge >= 0.3 is 0 Å². The first-order valence-corrected chi connectivity index (χ1v) is 7.97. The highest BCUT2D eigenvalue weighted by Crippen LogP contribution is 2.26. The SMILES string of the molecule is CCC1CCC(NCC(O)COc2ccc(F)cc2)CC1. The van der Waals surface area contributed by atoms with Crippen LogP contribution in [0.4, 0.5) is 4.39 Å². The predicted octanol–water partition coefficient (Wildman–Crippen LogP) is 3.12. The number of hydrogen-bond donors (Lipinski definition) is 2. The summed E-state index contributed by atoms with van der Waals surface area (Å²) in [7, 11) is 0. The summed E-state index contributed by atoms with van der Waals surface area (Å²) in [6, 6.07) is 6.37. The summed E-state index contributed by atoms with van der Waals surface area (Å²) in [5.41, 5.74) is 0. The molecular formula is C17H26FNO2.